The number of nitrogens with zero attached hydrogens (tertiary/aromatic N) is 2. The molecule has 0 unspecified atom stereocenters. The highest BCUT2D eigenvalue weighted by molar-refractivity contribution is 6.33. The van der Waals surface area contributed by atoms with E-state index in [1.807, 2.05) is 50.2 Å². The van der Waals surface area contributed by atoms with Gasteiger partial charge in [0.1, 0.15) is 5.76 Å². The molecule has 6 heteroatoms. The maximum absolute atomic E-state index is 12.2. The van der Waals surface area contributed by atoms with Gasteiger partial charge in [0.15, 0.2) is 0 Å². The molecule has 2 heterocycles. The molecular weight excluding hydrogens is 338 g/mol. The van der Waals surface area contributed by atoms with Gasteiger partial charge in [-0.1, -0.05) is 35.0 Å². The number of fused-ring (bicyclic) bond motifs is 1. The Balaban J connectivity index is 2.13. The minimum absolute atomic E-state index is 0.167. The second-order valence-corrected chi connectivity index (χ2v) is 6.50. The molecular formula is C19H16ClN3O2. The number of aromatic nitrogens is 3. The molecule has 2 aromatic heterocycles. The van der Waals surface area contributed by atoms with Crippen LogP contribution >= 0.6 is 11.6 Å². The summed E-state index contributed by atoms with van der Waals surface area (Å²) in [5.41, 5.74) is 5.82. The number of imidazole rings is 1. The molecule has 0 saturated carbocycles. The van der Waals surface area contributed by atoms with E-state index >= 15 is 0 Å². The maximum Gasteiger partial charge on any atom is 0.326 e. The van der Waals surface area contributed by atoms with Crippen molar-refractivity contribution in [3.63, 3.8) is 0 Å². The molecule has 0 saturated heterocycles. The molecule has 0 amide bonds. The van der Waals surface area contributed by atoms with Crippen LogP contribution in [0.15, 0.2) is 45.7 Å². The van der Waals surface area contributed by atoms with Crippen molar-refractivity contribution in [1.82, 2.24) is 14.7 Å². The van der Waals surface area contributed by atoms with E-state index in [4.69, 9.17) is 16.1 Å². The molecule has 0 aliphatic rings. The fourth-order valence-electron chi connectivity index (χ4n) is 3.32. The van der Waals surface area contributed by atoms with Crippen molar-refractivity contribution in [2.45, 2.75) is 13.8 Å². The van der Waals surface area contributed by atoms with Crippen LogP contribution in [-0.4, -0.2) is 14.7 Å². The Morgan fingerprint density at radius 2 is 1.92 bits per heavy atom. The van der Waals surface area contributed by atoms with Gasteiger partial charge < -0.3 is 9.51 Å². The number of halogens is 1. The van der Waals surface area contributed by atoms with Crippen molar-refractivity contribution >= 4 is 22.6 Å². The normalized spacial score (nSPS) is 11.4. The van der Waals surface area contributed by atoms with Gasteiger partial charge in [-0.05, 0) is 37.6 Å². The standard InChI is InChI=1S/C19H16ClN3O2/c1-10-17(11(2)25-22-10)12-8-14(13-6-4-5-7-15(13)20)18-16(9-12)21-19(24)23(18)3/h4-9H,1-3H3,(H,21,24). The lowest BCUT2D eigenvalue weighted by atomic mass is 9.96. The SMILES string of the molecule is Cc1noc(C)c1-c1cc(-c2ccccc2Cl)c2c(c1)[nH]c(=O)n2C. The number of aromatic amines is 1. The Hall–Kier alpha value is -2.79. The van der Waals surface area contributed by atoms with Crippen molar-refractivity contribution < 1.29 is 4.52 Å². The van der Waals surface area contributed by atoms with E-state index in [0.717, 1.165) is 44.7 Å². The van der Waals surface area contributed by atoms with Gasteiger partial charge in [0.2, 0.25) is 0 Å². The van der Waals surface area contributed by atoms with Crippen molar-refractivity contribution in [2.75, 3.05) is 0 Å². The molecule has 0 fully saturated rings. The zero-order chi connectivity index (χ0) is 17.7. The highest BCUT2D eigenvalue weighted by atomic mass is 35.5. The van der Waals surface area contributed by atoms with Gasteiger partial charge in [-0.3, -0.25) is 4.57 Å². The monoisotopic (exact) mass is 353 g/mol. The van der Waals surface area contributed by atoms with E-state index in [9.17, 15) is 4.79 Å². The molecule has 0 atom stereocenters. The Morgan fingerprint density at radius 3 is 2.60 bits per heavy atom. The molecule has 0 spiro atoms. The lowest BCUT2D eigenvalue weighted by Crippen LogP contribution is -2.12. The molecule has 0 aliphatic heterocycles. The van der Waals surface area contributed by atoms with E-state index in [2.05, 4.69) is 10.1 Å². The summed E-state index contributed by atoms with van der Waals surface area (Å²) >= 11 is 6.43. The van der Waals surface area contributed by atoms with Crippen LogP contribution in [0.5, 0.6) is 0 Å². The third-order valence-corrected chi connectivity index (χ3v) is 4.81. The van der Waals surface area contributed by atoms with E-state index in [1.54, 1.807) is 11.6 Å². The minimum Gasteiger partial charge on any atom is -0.361 e. The van der Waals surface area contributed by atoms with E-state index in [-0.39, 0.29) is 5.69 Å². The van der Waals surface area contributed by atoms with Crippen LogP contribution in [0.3, 0.4) is 0 Å². The Morgan fingerprint density at radius 1 is 1.16 bits per heavy atom. The molecule has 5 nitrogen and oxygen atoms in total. The van der Waals surface area contributed by atoms with Crippen LogP contribution in [0.4, 0.5) is 0 Å². The summed E-state index contributed by atoms with van der Waals surface area (Å²) in [5, 5.41) is 4.67. The van der Waals surface area contributed by atoms with Gasteiger partial charge >= 0.3 is 5.69 Å². The van der Waals surface area contributed by atoms with Gasteiger partial charge in [0.25, 0.3) is 0 Å². The average molecular weight is 354 g/mol. The first-order valence-corrected chi connectivity index (χ1v) is 8.26. The number of H-pyrrole nitrogens is 1. The van der Waals surface area contributed by atoms with Gasteiger partial charge in [-0.15, -0.1) is 0 Å². The number of hydrogen-bond acceptors (Lipinski definition) is 3. The molecule has 0 aliphatic carbocycles. The molecule has 25 heavy (non-hydrogen) atoms. The van der Waals surface area contributed by atoms with Crippen LogP contribution in [-0.2, 0) is 7.05 Å². The highest BCUT2D eigenvalue weighted by Crippen LogP contribution is 2.37. The lowest BCUT2D eigenvalue weighted by Gasteiger charge is -2.10. The van der Waals surface area contributed by atoms with Crippen LogP contribution in [0.1, 0.15) is 11.5 Å². The molecule has 4 aromatic rings. The second-order valence-electron chi connectivity index (χ2n) is 6.09. The van der Waals surface area contributed by atoms with Gasteiger partial charge in [0.05, 0.1) is 16.7 Å². The second kappa shape index (κ2) is 5.63. The summed E-state index contributed by atoms with van der Waals surface area (Å²) in [6.07, 6.45) is 0. The first-order valence-electron chi connectivity index (χ1n) is 7.88. The molecule has 0 bridgehead atoms. The number of benzene rings is 2. The van der Waals surface area contributed by atoms with Crippen LogP contribution in [0.25, 0.3) is 33.3 Å². The van der Waals surface area contributed by atoms with E-state index < -0.39 is 0 Å². The lowest BCUT2D eigenvalue weighted by molar-refractivity contribution is 0.393. The summed E-state index contributed by atoms with van der Waals surface area (Å²) < 4.78 is 6.91. The summed E-state index contributed by atoms with van der Waals surface area (Å²) in [5.74, 6) is 0.736. The Bertz CT molecular complexity index is 1150. The summed E-state index contributed by atoms with van der Waals surface area (Å²) in [6, 6.07) is 11.6. The Labute approximate surface area is 148 Å². The smallest absolute Gasteiger partial charge is 0.326 e. The third kappa shape index (κ3) is 2.39. The molecule has 1 N–H and O–H groups in total. The van der Waals surface area contributed by atoms with E-state index in [0.29, 0.717) is 5.02 Å². The van der Waals surface area contributed by atoms with Crippen LogP contribution in [0, 0.1) is 13.8 Å². The first-order chi connectivity index (χ1) is 12.0. The summed E-state index contributed by atoms with van der Waals surface area (Å²) in [4.78, 5) is 15.1. The predicted octanol–water partition coefficient (Wildman–Crippen LogP) is 4.46. The molecule has 126 valence electrons. The molecule has 0 radical (unpaired) electrons. The third-order valence-electron chi connectivity index (χ3n) is 4.48. The molecule has 2 aromatic carbocycles. The minimum atomic E-state index is -0.167. The zero-order valence-corrected chi connectivity index (χ0v) is 14.8. The van der Waals surface area contributed by atoms with Gasteiger partial charge in [-0.25, -0.2) is 4.79 Å². The van der Waals surface area contributed by atoms with Gasteiger partial charge in [-0.2, -0.15) is 0 Å². The van der Waals surface area contributed by atoms with Crippen molar-refractivity contribution in [1.29, 1.82) is 0 Å². The largest absolute Gasteiger partial charge is 0.361 e. The van der Waals surface area contributed by atoms with Gasteiger partial charge in [0, 0.05) is 28.8 Å². The number of aryl methyl sites for hydroxylation is 3. The summed E-state index contributed by atoms with van der Waals surface area (Å²) in [6.45, 7) is 3.78. The topological polar surface area (TPSA) is 63.8 Å². The number of hydrogen-bond donors (Lipinski definition) is 1. The van der Waals surface area contributed by atoms with Crippen LogP contribution < -0.4 is 5.69 Å². The first kappa shape index (κ1) is 15.7. The van der Waals surface area contributed by atoms with Crippen molar-refractivity contribution in [3.8, 4) is 22.3 Å². The average Bonchev–Trinajstić information content (AvgIpc) is 3.06. The Kier molecular flexibility index (Phi) is 3.54. The fraction of sp³-hybridized carbons (Fsp3) is 0.158. The quantitative estimate of drug-likeness (QED) is 0.578. The predicted molar refractivity (Wildman–Crippen MR) is 99.0 cm³/mol. The highest BCUT2D eigenvalue weighted by Gasteiger charge is 2.18. The molecule has 4 rings (SSSR count). The number of rotatable bonds is 2. The maximum atomic E-state index is 12.2. The number of nitrogens with one attached hydrogen (secondary N) is 1. The summed E-state index contributed by atoms with van der Waals surface area (Å²) in [7, 11) is 1.75. The van der Waals surface area contributed by atoms with Crippen LogP contribution in [0.2, 0.25) is 5.02 Å². The van der Waals surface area contributed by atoms with E-state index in [1.165, 1.54) is 0 Å². The van der Waals surface area contributed by atoms with Crippen molar-refractivity contribution in [3.05, 3.63) is 63.4 Å². The fourth-order valence-corrected chi connectivity index (χ4v) is 3.55. The van der Waals surface area contributed by atoms with Crippen molar-refractivity contribution in [2.24, 2.45) is 7.05 Å². The zero-order valence-electron chi connectivity index (χ0n) is 14.1.